The molecule has 2 heterocycles. The zero-order chi connectivity index (χ0) is 17.6. The van der Waals surface area contributed by atoms with Crippen molar-refractivity contribution in [3.8, 4) is 11.6 Å². The number of benzene rings is 1. The first-order valence-corrected chi connectivity index (χ1v) is 8.26. The smallest absolute Gasteiger partial charge is 0.317 e. The molecule has 7 nitrogen and oxygen atoms in total. The standard InChI is InChI=1S/C18H22N4O3/c1-13-19-9-7-17(21-13)25-16-8-10-22(12-16)18(23)20-11-14-3-5-15(24-2)6-4-14/h3-7,9,16H,8,10-12H2,1-2H3,(H,20,23)/t16-/m1/s1. The number of amides is 2. The Morgan fingerprint density at radius 3 is 2.84 bits per heavy atom. The third-order valence-corrected chi connectivity index (χ3v) is 4.07. The minimum Gasteiger partial charge on any atom is -0.497 e. The van der Waals surface area contributed by atoms with Gasteiger partial charge in [-0.15, -0.1) is 0 Å². The first kappa shape index (κ1) is 17.0. The number of urea groups is 1. The molecule has 2 amide bonds. The lowest BCUT2D eigenvalue weighted by molar-refractivity contribution is 0.182. The van der Waals surface area contributed by atoms with Crippen LogP contribution in [-0.2, 0) is 6.54 Å². The van der Waals surface area contributed by atoms with E-state index in [2.05, 4.69) is 15.3 Å². The maximum absolute atomic E-state index is 12.3. The van der Waals surface area contributed by atoms with Crippen LogP contribution in [0.1, 0.15) is 17.8 Å². The van der Waals surface area contributed by atoms with E-state index >= 15 is 0 Å². The van der Waals surface area contributed by atoms with Crippen LogP contribution in [-0.4, -0.2) is 47.2 Å². The van der Waals surface area contributed by atoms with E-state index < -0.39 is 0 Å². The van der Waals surface area contributed by atoms with E-state index in [4.69, 9.17) is 9.47 Å². The van der Waals surface area contributed by atoms with Gasteiger partial charge in [0.2, 0.25) is 5.88 Å². The van der Waals surface area contributed by atoms with Crippen molar-refractivity contribution in [2.24, 2.45) is 0 Å². The van der Waals surface area contributed by atoms with E-state index in [9.17, 15) is 4.79 Å². The first-order valence-electron chi connectivity index (χ1n) is 8.26. The molecule has 1 aliphatic rings. The second kappa shape index (κ2) is 7.83. The van der Waals surface area contributed by atoms with Gasteiger partial charge in [-0.25, -0.2) is 9.78 Å². The summed E-state index contributed by atoms with van der Waals surface area (Å²) in [6.45, 7) is 3.52. The molecule has 1 N–H and O–H groups in total. The number of hydrogen-bond acceptors (Lipinski definition) is 5. The normalized spacial score (nSPS) is 16.6. The molecule has 7 heteroatoms. The number of aryl methyl sites for hydroxylation is 1. The fraction of sp³-hybridized carbons (Fsp3) is 0.389. The van der Waals surface area contributed by atoms with Gasteiger partial charge in [-0.1, -0.05) is 12.1 Å². The third-order valence-electron chi connectivity index (χ3n) is 4.07. The Hall–Kier alpha value is -2.83. The molecule has 1 fully saturated rings. The van der Waals surface area contributed by atoms with E-state index in [-0.39, 0.29) is 12.1 Å². The Labute approximate surface area is 147 Å². The summed E-state index contributed by atoms with van der Waals surface area (Å²) in [5.41, 5.74) is 1.03. The van der Waals surface area contributed by atoms with Crippen LogP contribution in [0, 0.1) is 6.92 Å². The van der Waals surface area contributed by atoms with Crippen molar-refractivity contribution in [3.63, 3.8) is 0 Å². The molecule has 2 aromatic rings. The van der Waals surface area contributed by atoms with Crippen molar-refractivity contribution in [1.82, 2.24) is 20.2 Å². The van der Waals surface area contributed by atoms with Crippen LogP contribution in [0.5, 0.6) is 11.6 Å². The number of nitrogens with one attached hydrogen (secondary N) is 1. The lowest BCUT2D eigenvalue weighted by Crippen LogP contribution is -2.39. The minimum atomic E-state index is -0.0826. The number of nitrogens with zero attached hydrogens (tertiary/aromatic N) is 3. The SMILES string of the molecule is COc1ccc(CNC(=O)N2CC[C@@H](Oc3ccnc(C)n3)C2)cc1. The van der Waals surface area contributed by atoms with Gasteiger partial charge in [0.25, 0.3) is 0 Å². The maximum Gasteiger partial charge on any atom is 0.317 e. The fourth-order valence-electron chi connectivity index (χ4n) is 2.71. The van der Waals surface area contributed by atoms with Crippen LogP contribution >= 0.6 is 0 Å². The molecule has 0 saturated carbocycles. The summed E-state index contributed by atoms with van der Waals surface area (Å²) in [7, 11) is 1.63. The third kappa shape index (κ3) is 4.59. The van der Waals surface area contributed by atoms with Crippen molar-refractivity contribution in [3.05, 3.63) is 47.9 Å². The Bertz CT molecular complexity index is 721. The lowest BCUT2D eigenvalue weighted by atomic mass is 10.2. The second-order valence-electron chi connectivity index (χ2n) is 5.92. The molecule has 25 heavy (non-hydrogen) atoms. The van der Waals surface area contributed by atoms with Crippen LogP contribution in [0.25, 0.3) is 0 Å². The topological polar surface area (TPSA) is 76.6 Å². The Morgan fingerprint density at radius 2 is 2.12 bits per heavy atom. The van der Waals surface area contributed by atoms with Crippen molar-refractivity contribution in [2.45, 2.75) is 26.0 Å². The Balaban J connectivity index is 1.47. The quantitative estimate of drug-likeness (QED) is 0.901. The number of aromatic nitrogens is 2. The summed E-state index contributed by atoms with van der Waals surface area (Å²) in [5.74, 6) is 2.03. The molecule has 0 unspecified atom stereocenters. The summed E-state index contributed by atoms with van der Waals surface area (Å²) in [4.78, 5) is 22.4. The van der Waals surface area contributed by atoms with Gasteiger partial charge in [0.1, 0.15) is 17.7 Å². The predicted molar refractivity (Wildman–Crippen MR) is 92.6 cm³/mol. The van der Waals surface area contributed by atoms with Gasteiger partial charge in [-0.2, -0.15) is 4.98 Å². The highest BCUT2D eigenvalue weighted by atomic mass is 16.5. The number of ether oxygens (including phenoxy) is 2. The van der Waals surface area contributed by atoms with E-state index in [1.54, 1.807) is 24.3 Å². The molecule has 0 spiro atoms. The predicted octanol–water partition coefficient (Wildman–Crippen LogP) is 2.16. The number of rotatable bonds is 5. The first-order chi connectivity index (χ1) is 12.1. The van der Waals surface area contributed by atoms with Crippen LogP contribution in [0.4, 0.5) is 4.79 Å². The molecule has 0 aliphatic carbocycles. The Morgan fingerprint density at radius 1 is 1.32 bits per heavy atom. The van der Waals surface area contributed by atoms with Crippen LogP contribution < -0.4 is 14.8 Å². The molecular formula is C18H22N4O3. The molecule has 1 atom stereocenters. The zero-order valence-electron chi connectivity index (χ0n) is 14.4. The van der Waals surface area contributed by atoms with Gasteiger partial charge in [0.15, 0.2) is 0 Å². The number of likely N-dealkylation sites (tertiary alicyclic amines) is 1. The molecule has 132 valence electrons. The largest absolute Gasteiger partial charge is 0.497 e. The molecule has 0 radical (unpaired) electrons. The molecule has 1 aliphatic heterocycles. The van der Waals surface area contributed by atoms with Gasteiger partial charge in [-0.3, -0.25) is 0 Å². The van der Waals surface area contributed by atoms with Crippen molar-refractivity contribution >= 4 is 6.03 Å². The molecular weight excluding hydrogens is 320 g/mol. The average Bonchev–Trinajstić information content (AvgIpc) is 3.08. The highest BCUT2D eigenvalue weighted by molar-refractivity contribution is 5.74. The molecule has 1 saturated heterocycles. The maximum atomic E-state index is 12.3. The summed E-state index contributed by atoms with van der Waals surface area (Å²) >= 11 is 0. The highest BCUT2D eigenvalue weighted by Gasteiger charge is 2.27. The highest BCUT2D eigenvalue weighted by Crippen LogP contribution is 2.17. The summed E-state index contributed by atoms with van der Waals surface area (Å²) in [5, 5.41) is 2.94. The van der Waals surface area contributed by atoms with Gasteiger partial charge in [-0.05, 0) is 24.6 Å². The van der Waals surface area contributed by atoms with E-state index in [0.29, 0.717) is 31.3 Å². The molecule has 0 bridgehead atoms. The molecule has 3 rings (SSSR count). The van der Waals surface area contributed by atoms with Crippen molar-refractivity contribution in [2.75, 3.05) is 20.2 Å². The molecule has 1 aromatic heterocycles. The van der Waals surface area contributed by atoms with E-state index in [1.165, 1.54) is 0 Å². The number of methoxy groups -OCH3 is 1. The van der Waals surface area contributed by atoms with E-state index in [1.807, 2.05) is 31.2 Å². The summed E-state index contributed by atoms with van der Waals surface area (Å²) in [6, 6.07) is 9.29. The van der Waals surface area contributed by atoms with Crippen LogP contribution in [0.15, 0.2) is 36.5 Å². The second-order valence-corrected chi connectivity index (χ2v) is 5.92. The lowest BCUT2D eigenvalue weighted by Gasteiger charge is -2.18. The van der Waals surface area contributed by atoms with Crippen molar-refractivity contribution < 1.29 is 14.3 Å². The summed E-state index contributed by atoms with van der Waals surface area (Å²) in [6.07, 6.45) is 2.42. The van der Waals surface area contributed by atoms with Gasteiger partial charge < -0.3 is 19.7 Å². The number of carbonyl (C=O) groups excluding carboxylic acids is 1. The van der Waals surface area contributed by atoms with Gasteiger partial charge >= 0.3 is 6.03 Å². The summed E-state index contributed by atoms with van der Waals surface area (Å²) < 4.78 is 11.0. The molecule has 1 aromatic carbocycles. The zero-order valence-corrected chi connectivity index (χ0v) is 14.4. The monoisotopic (exact) mass is 342 g/mol. The Kier molecular flexibility index (Phi) is 5.33. The average molecular weight is 342 g/mol. The fourth-order valence-corrected chi connectivity index (χ4v) is 2.71. The van der Waals surface area contributed by atoms with Crippen LogP contribution in [0.3, 0.4) is 0 Å². The number of hydrogen-bond donors (Lipinski definition) is 1. The van der Waals surface area contributed by atoms with Crippen molar-refractivity contribution in [1.29, 1.82) is 0 Å². The van der Waals surface area contributed by atoms with Gasteiger partial charge in [0, 0.05) is 31.8 Å². The minimum absolute atomic E-state index is 0.0407. The number of carbonyl (C=O) groups is 1. The van der Waals surface area contributed by atoms with Crippen LogP contribution in [0.2, 0.25) is 0 Å². The van der Waals surface area contributed by atoms with Gasteiger partial charge in [0.05, 0.1) is 13.7 Å². The van der Waals surface area contributed by atoms with E-state index in [0.717, 1.165) is 17.7 Å².